The van der Waals surface area contributed by atoms with Crippen molar-refractivity contribution >= 4 is 0 Å². The van der Waals surface area contributed by atoms with Gasteiger partial charge < -0.3 is 0 Å². The topological polar surface area (TPSA) is 0 Å². The SMILES string of the molecule is CC(C)=C1C=C2C(=C1)C1C=CC2C1. The van der Waals surface area contributed by atoms with Crippen molar-refractivity contribution in [3.05, 3.63) is 46.6 Å². The predicted molar refractivity (Wildman–Crippen MR) is 55.3 cm³/mol. The summed E-state index contributed by atoms with van der Waals surface area (Å²) in [5.41, 5.74) is 6.09. The minimum absolute atomic E-state index is 0.744. The van der Waals surface area contributed by atoms with Crippen molar-refractivity contribution in [2.24, 2.45) is 11.8 Å². The van der Waals surface area contributed by atoms with Gasteiger partial charge in [0.25, 0.3) is 0 Å². The average molecular weight is 170 g/mol. The van der Waals surface area contributed by atoms with Crippen LogP contribution in [-0.2, 0) is 0 Å². The van der Waals surface area contributed by atoms with Crippen LogP contribution in [-0.4, -0.2) is 0 Å². The van der Waals surface area contributed by atoms with Crippen LogP contribution >= 0.6 is 0 Å². The third-order valence-electron chi connectivity index (χ3n) is 3.42. The maximum absolute atomic E-state index is 2.39. The van der Waals surface area contributed by atoms with Gasteiger partial charge in [0.1, 0.15) is 0 Å². The van der Waals surface area contributed by atoms with E-state index in [2.05, 4.69) is 38.2 Å². The van der Waals surface area contributed by atoms with Gasteiger partial charge in [-0.3, -0.25) is 0 Å². The Labute approximate surface area is 79.3 Å². The fourth-order valence-corrected chi connectivity index (χ4v) is 2.63. The molecule has 0 nitrogen and oxygen atoms in total. The van der Waals surface area contributed by atoms with Crippen molar-refractivity contribution in [2.45, 2.75) is 20.3 Å². The van der Waals surface area contributed by atoms with Gasteiger partial charge in [0.15, 0.2) is 0 Å². The van der Waals surface area contributed by atoms with Crippen LogP contribution in [0.25, 0.3) is 0 Å². The summed E-state index contributed by atoms with van der Waals surface area (Å²) in [7, 11) is 0. The molecule has 1 fully saturated rings. The highest BCUT2D eigenvalue weighted by atomic mass is 14.4. The van der Waals surface area contributed by atoms with Gasteiger partial charge in [0.2, 0.25) is 0 Å². The molecule has 0 heterocycles. The van der Waals surface area contributed by atoms with E-state index >= 15 is 0 Å². The summed E-state index contributed by atoms with van der Waals surface area (Å²) in [5.74, 6) is 1.49. The van der Waals surface area contributed by atoms with Crippen LogP contribution < -0.4 is 0 Å². The molecule has 66 valence electrons. The summed E-state index contributed by atoms with van der Waals surface area (Å²) in [5, 5.41) is 0. The van der Waals surface area contributed by atoms with E-state index in [1.165, 1.54) is 17.6 Å². The van der Waals surface area contributed by atoms with Crippen molar-refractivity contribution in [1.29, 1.82) is 0 Å². The van der Waals surface area contributed by atoms with Crippen LogP contribution in [0.15, 0.2) is 46.6 Å². The zero-order valence-corrected chi connectivity index (χ0v) is 8.17. The van der Waals surface area contributed by atoms with Gasteiger partial charge in [0.05, 0.1) is 0 Å². The number of rotatable bonds is 0. The molecule has 0 radical (unpaired) electrons. The molecular formula is C13H14. The molecule has 0 amide bonds. The second kappa shape index (κ2) is 2.25. The highest BCUT2D eigenvalue weighted by Gasteiger charge is 2.37. The summed E-state index contributed by atoms with van der Waals surface area (Å²) in [6.45, 7) is 4.39. The number of hydrogen-bond donors (Lipinski definition) is 0. The standard InChI is InChI=1S/C13H14/c1-8(2)11-6-12-9-3-4-10(5-9)13(12)7-11/h3-4,6-7,9-10H,5H2,1-2H3. The highest BCUT2D eigenvalue weighted by molar-refractivity contribution is 5.61. The zero-order valence-electron chi connectivity index (χ0n) is 8.17. The van der Waals surface area contributed by atoms with Gasteiger partial charge in [-0.15, -0.1) is 0 Å². The Morgan fingerprint density at radius 3 is 2.08 bits per heavy atom. The summed E-state index contributed by atoms with van der Waals surface area (Å²) < 4.78 is 0. The first kappa shape index (κ1) is 7.37. The number of allylic oxidation sites excluding steroid dienone is 8. The zero-order chi connectivity index (χ0) is 9.00. The van der Waals surface area contributed by atoms with E-state index in [-0.39, 0.29) is 0 Å². The Hall–Kier alpha value is -1.04. The summed E-state index contributed by atoms with van der Waals surface area (Å²) >= 11 is 0. The van der Waals surface area contributed by atoms with Crippen LogP contribution in [0, 0.1) is 11.8 Å². The third-order valence-corrected chi connectivity index (χ3v) is 3.42. The van der Waals surface area contributed by atoms with Crippen LogP contribution in [0.5, 0.6) is 0 Å². The molecule has 1 saturated carbocycles. The first-order valence-corrected chi connectivity index (χ1v) is 5.05. The van der Waals surface area contributed by atoms with Gasteiger partial charge in [-0.05, 0) is 37.0 Å². The molecule has 0 N–H and O–H groups in total. The second-order valence-corrected chi connectivity index (χ2v) is 4.49. The Morgan fingerprint density at radius 1 is 1.08 bits per heavy atom. The largest absolute Gasteiger partial charge is 0.0804 e. The van der Waals surface area contributed by atoms with Crippen molar-refractivity contribution in [3.8, 4) is 0 Å². The lowest BCUT2D eigenvalue weighted by Crippen LogP contribution is -1.92. The average Bonchev–Trinajstić information content (AvgIpc) is 2.76. The van der Waals surface area contributed by atoms with Crippen LogP contribution in [0.2, 0.25) is 0 Å². The molecule has 13 heavy (non-hydrogen) atoms. The highest BCUT2D eigenvalue weighted by Crippen LogP contribution is 2.50. The first-order chi connectivity index (χ1) is 6.25. The maximum atomic E-state index is 2.39. The summed E-state index contributed by atoms with van der Waals surface area (Å²) in [6, 6.07) is 0. The second-order valence-electron chi connectivity index (χ2n) is 4.49. The Balaban J connectivity index is 2.14. The van der Waals surface area contributed by atoms with Crippen molar-refractivity contribution in [1.82, 2.24) is 0 Å². The number of fused-ring (bicyclic) bond motifs is 5. The Morgan fingerprint density at radius 2 is 1.62 bits per heavy atom. The van der Waals surface area contributed by atoms with Gasteiger partial charge in [0, 0.05) is 11.8 Å². The summed E-state index contributed by atoms with van der Waals surface area (Å²) in [4.78, 5) is 0. The van der Waals surface area contributed by atoms with Gasteiger partial charge in [-0.2, -0.15) is 0 Å². The quantitative estimate of drug-likeness (QED) is 0.489. The molecule has 0 spiro atoms. The minimum Gasteiger partial charge on any atom is -0.0804 e. The fourth-order valence-electron chi connectivity index (χ4n) is 2.63. The van der Waals surface area contributed by atoms with E-state index in [0.29, 0.717) is 0 Å². The lowest BCUT2D eigenvalue weighted by molar-refractivity contribution is 0.734. The van der Waals surface area contributed by atoms with Crippen molar-refractivity contribution < 1.29 is 0 Å². The molecule has 0 heteroatoms. The van der Waals surface area contributed by atoms with Gasteiger partial charge >= 0.3 is 0 Å². The molecule has 2 unspecified atom stereocenters. The third kappa shape index (κ3) is 0.861. The van der Waals surface area contributed by atoms with E-state index in [1.54, 1.807) is 11.1 Å². The van der Waals surface area contributed by atoms with E-state index in [4.69, 9.17) is 0 Å². The molecule has 0 aliphatic heterocycles. The molecule has 0 aromatic rings. The minimum atomic E-state index is 0.744. The molecule has 3 aliphatic carbocycles. The smallest absolute Gasteiger partial charge is 0.00301 e. The van der Waals surface area contributed by atoms with Crippen molar-refractivity contribution in [3.63, 3.8) is 0 Å². The number of hydrogen-bond acceptors (Lipinski definition) is 0. The lowest BCUT2D eigenvalue weighted by atomic mass is 9.98. The molecule has 3 aliphatic rings. The monoisotopic (exact) mass is 170 g/mol. The molecule has 2 atom stereocenters. The fraction of sp³-hybridized carbons (Fsp3) is 0.385. The molecule has 2 bridgehead atoms. The molecule has 0 aromatic carbocycles. The van der Waals surface area contributed by atoms with Crippen molar-refractivity contribution in [2.75, 3.05) is 0 Å². The molecule has 3 rings (SSSR count). The lowest BCUT2D eigenvalue weighted by Gasteiger charge is -2.06. The molecular weight excluding hydrogens is 156 g/mol. The van der Waals surface area contributed by atoms with E-state index in [1.807, 2.05) is 0 Å². The van der Waals surface area contributed by atoms with Gasteiger partial charge in [-0.1, -0.05) is 29.9 Å². The first-order valence-electron chi connectivity index (χ1n) is 5.05. The van der Waals surface area contributed by atoms with E-state index in [0.717, 1.165) is 11.8 Å². The van der Waals surface area contributed by atoms with Crippen LogP contribution in [0.3, 0.4) is 0 Å². The Bertz CT molecular complexity index is 354. The normalized spacial score (nSPS) is 33.5. The Kier molecular flexibility index (Phi) is 1.28. The molecule has 0 aromatic heterocycles. The van der Waals surface area contributed by atoms with Gasteiger partial charge in [-0.25, -0.2) is 0 Å². The van der Waals surface area contributed by atoms with E-state index < -0.39 is 0 Å². The molecule has 0 saturated heterocycles. The van der Waals surface area contributed by atoms with E-state index in [9.17, 15) is 0 Å². The van der Waals surface area contributed by atoms with Crippen LogP contribution in [0.4, 0.5) is 0 Å². The maximum Gasteiger partial charge on any atom is 0.00301 e. The predicted octanol–water partition coefficient (Wildman–Crippen LogP) is 3.40. The van der Waals surface area contributed by atoms with Crippen LogP contribution in [0.1, 0.15) is 20.3 Å². The summed E-state index contributed by atoms with van der Waals surface area (Å²) in [6.07, 6.45) is 10.9.